The molecule has 0 aliphatic carbocycles. The van der Waals surface area contributed by atoms with Gasteiger partial charge in [-0.1, -0.05) is 6.07 Å². The van der Waals surface area contributed by atoms with E-state index in [9.17, 15) is 10.1 Å². The Balaban J connectivity index is 2.34. The zero-order valence-electron chi connectivity index (χ0n) is 10.1. The van der Waals surface area contributed by atoms with E-state index in [0.29, 0.717) is 11.6 Å². The third-order valence-corrected chi connectivity index (χ3v) is 3.05. The Kier molecular flexibility index (Phi) is 4.15. The van der Waals surface area contributed by atoms with Gasteiger partial charge in [-0.25, -0.2) is 4.98 Å². The summed E-state index contributed by atoms with van der Waals surface area (Å²) < 4.78 is 1.07. The van der Waals surface area contributed by atoms with Gasteiger partial charge in [0.05, 0.1) is 17.1 Å². The van der Waals surface area contributed by atoms with Crippen molar-refractivity contribution in [1.29, 1.82) is 0 Å². The summed E-state index contributed by atoms with van der Waals surface area (Å²) >= 11 is 2.20. The molecule has 2 N–H and O–H groups in total. The van der Waals surface area contributed by atoms with Gasteiger partial charge in [-0.15, -0.1) is 0 Å². The average Bonchev–Trinajstić information content (AvgIpc) is 2.38. The van der Waals surface area contributed by atoms with Crippen molar-refractivity contribution in [2.75, 3.05) is 17.7 Å². The van der Waals surface area contributed by atoms with Crippen molar-refractivity contribution >= 4 is 45.6 Å². The van der Waals surface area contributed by atoms with Crippen LogP contribution in [0.4, 0.5) is 23.0 Å². The number of anilines is 3. The van der Waals surface area contributed by atoms with E-state index in [-0.39, 0.29) is 5.69 Å². The number of nitrogens with zero attached hydrogens (tertiary/aromatic N) is 2. The molecule has 0 radical (unpaired) electrons. The zero-order chi connectivity index (χ0) is 13.8. The van der Waals surface area contributed by atoms with Crippen molar-refractivity contribution in [3.63, 3.8) is 0 Å². The summed E-state index contributed by atoms with van der Waals surface area (Å²) in [6.45, 7) is 0. The molecular formula is C12H11IN4O2. The summed E-state index contributed by atoms with van der Waals surface area (Å²) in [7, 11) is 1.67. The molecule has 0 atom stereocenters. The predicted molar refractivity (Wildman–Crippen MR) is 82.9 cm³/mol. The van der Waals surface area contributed by atoms with E-state index >= 15 is 0 Å². The Labute approximate surface area is 123 Å². The number of hydrogen-bond acceptors (Lipinski definition) is 5. The molecule has 2 rings (SSSR count). The normalized spacial score (nSPS) is 10.0. The van der Waals surface area contributed by atoms with E-state index < -0.39 is 4.92 Å². The molecule has 2 aromatic rings. The van der Waals surface area contributed by atoms with Crippen LogP contribution in [0.3, 0.4) is 0 Å². The van der Waals surface area contributed by atoms with Gasteiger partial charge >= 0.3 is 0 Å². The minimum atomic E-state index is -0.442. The lowest BCUT2D eigenvalue weighted by Gasteiger charge is -2.08. The maximum atomic E-state index is 10.8. The summed E-state index contributed by atoms with van der Waals surface area (Å²) in [5.41, 5.74) is 0.828. The summed E-state index contributed by atoms with van der Waals surface area (Å²) in [4.78, 5) is 14.6. The second-order valence-electron chi connectivity index (χ2n) is 3.74. The number of nitro groups is 1. The fourth-order valence-electron chi connectivity index (χ4n) is 1.53. The molecule has 0 saturated carbocycles. The van der Waals surface area contributed by atoms with Gasteiger partial charge in [0.15, 0.2) is 0 Å². The average molecular weight is 370 g/mol. The van der Waals surface area contributed by atoms with Crippen LogP contribution in [0, 0.1) is 13.7 Å². The first-order chi connectivity index (χ1) is 9.08. The Bertz CT molecular complexity index is 618. The lowest BCUT2D eigenvalue weighted by atomic mass is 10.3. The van der Waals surface area contributed by atoms with Crippen LogP contribution in [-0.2, 0) is 0 Å². The Hall–Kier alpha value is -1.90. The van der Waals surface area contributed by atoms with Gasteiger partial charge in [0, 0.05) is 16.3 Å². The van der Waals surface area contributed by atoms with Crippen molar-refractivity contribution in [3.05, 3.63) is 50.1 Å². The van der Waals surface area contributed by atoms with Crippen LogP contribution in [0.5, 0.6) is 0 Å². The van der Waals surface area contributed by atoms with Crippen LogP contribution in [0.25, 0.3) is 0 Å². The number of benzene rings is 1. The highest BCUT2D eigenvalue weighted by atomic mass is 127. The van der Waals surface area contributed by atoms with E-state index in [1.54, 1.807) is 7.05 Å². The lowest BCUT2D eigenvalue weighted by molar-refractivity contribution is -0.384. The molecule has 1 aromatic heterocycles. The molecule has 1 aromatic carbocycles. The van der Waals surface area contributed by atoms with Gasteiger partial charge in [-0.3, -0.25) is 10.1 Å². The maximum absolute atomic E-state index is 10.8. The van der Waals surface area contributed by atoms with E-state index in [4.69, 9.17) is 0 Å². The van der Waals surface area contributed by atoms with Crippen LogP contribution in [0.1, 0.15) is 0 Å². The van der Waals surface area contributed by atoms with Crippen molar-refractivity contribution in [2.24, 2.45) is 0 Å². The number of nitrogens with one attached hydrogen (secondary N) is 2. The molecule has 0 spiro atoms. The molecule has 6 nitrogen and oxygen atoms in total. The fourth-order valence-corrected chi connectivity index (χ4v) is 2.07. The highest BCUT2D eigenvalue weighted by Crippen LogP contribution is 2.23. The zero-order valence-corrected chi connectivity index (χ0v) is 12.2. The molecule has 7 heteroatoms. The smallest absolute Gasteiger partial charge is 0.276 e. The Morgan fingerprint density at radius 3 is 2.63 bits per heavy atom. The van der Waals surface area contributed by atoms with Gasteiger partial charge in [-0.2, -0.15) is 0 Å². The standard InChI is InChI=1S/C12H11IN4O2/c1-14-11-6-10(17(18)19)7-12(16-11)15-9-4-2-3-8(13)5-9/h2-7H,1H3,(H2,14,15,16). The molecule has 0 aliphatic heterocycles. The first-order valence-corrected chi connectivity index (χ1v) is 6.53. The topological polar surface area (TPSA) is 80.1 Å². The molecule has 1 heterocycles. The van der Waals surface area contributed by atoms with Crippen LogP contribution in [-0.4, -0.2) is 17.0 Å². The molecule has 0 fully saturated rings. The van der Waals surface area contributed by atoms with E-state index in [1.165, 1.54) is 12.1 Å². The lowest BCUT2D eigenvalue weighted by Crippen LogP contribution is -2.00. The molecular weight excluding hydrogens is 359 g/mol. The first-order valence-electron chi connectivity index (χ1n) is 5.45. The summed E-state index contributed by atoms with van der Waals surface area (Å²) in [5, 5.41) is 16.7. The SMILES string of the molecule is CNc1cc([N+](=O)[O-])cc(Nc2cccc(I)c2)n1. The number of pyridine rings is 1. The third kappa shape index (κ3) is 3.53. The van der Waals surface area contributed by atoms with Gasteiger partial charge in [0.1, 0.15) is 11.6 Å². The first kappa shape index (κ1) is 13.5. The Morgan fingerprint density at radius 1 is 1.26 bits per heavy atom. The molecule has 0 saturated heterocycles. The van der Waals surface area contributed by atoms with Gasteiger partial charge in [-0.05, 0) is 40.8 Å². The predicted octanol–water partition coefficient (Wildman–Crippen LogP) is 3.38. The largest absolute Gasteiger partial charge is 0.373 e. The third-order valence-electron chi connectivity index (χ3n) is 2.37. The number of aromatic nitrogens is 1. The highest BCUT2D eigenvalue weighted by Gasteiger charge is 2.10. The summed E-state index contributed by atoms with van der Waals surface area (Å²) in [6, 6.07) is 10.5. The molecule has 0 bridgehead atoms. The van der Waals surface area contributed by atoms with Crippen LogP contribution < -0.4 is 10.6 Å². The van der Waals surface area contributed by atoms with E-state index in [0.717, 1.165) is 9.26 Å². The van der Waals surface area contributed by atoms with Crippen molar-refractivity contribution < 1.29 is 4.92 Å². The molecule has 0 amide bonds. The van der Waals surface area contributed by atoms with Crippen LogP contribution >= 0.6 is 22.6 Å². The quantitative estimate of drug-likeness (QED) is 0.490. The second kappa shape index (κ2) is 5.83. The van der Waals surface area contributed by atoms with Crippen LogP contribution in [0.15, 0.2) is 36.4 Å². The number of halogens is 1. The summed E-state index contributed by atoms with van der Waals surface area (Å²) in [5.74, 6) is 0.878. The number of hydrogen-bond donors (Lipinski definition) is 2. The number of rotatable bonds is 4. The van der Waals surface area contributed by atoms with Crippen molar-refractivity contribution in [1.82, 2.24) is 4.98 Å². The van der Waals surface area contributed by atoms with Crippen LogP contribution in [0.2, 0.25) is 0 Å². The maximum Gasteiger partial charge on any atom is 0.276 e. The minimum absolute atomic E-state index is 0.00696. The highest BCUT2D eigenvalue weighted by molar-refractivity contribution is 14.1. The fraction of sp³-hybridized carbons (Fsp3) is 0.0833. The van der Waals surface area contributed by atoms with E-state index in [1.807, 2.05) is 24.3 Å². The minimum Gasteiger partial charge on any atom is -0.373 e. The molecule has 0 unspecified atom stereocenters. The molecule has 0 aliphatic rings. The van der Waals surface area contributed by atoms with Gasteiger partial charge in [0.2, 0.25) is 0 Å². The molecule has 98 valence electrons. The van der Waals surface area contributed by atoms with E-state index in [2.05, 4.69) is 38.2 Å². The Morgan fingerprint density at radius 2 is 2.00 bits per heavy atom. The monoisotopic (exact) mass is 370 g/mol. The van der Waals surface area contributed by atoms with Crippen molar-refractivity contribution in [3.8, 4) is 0 Å². The van der Waals surface area contributed by atoms with Gasteiger partial charge < -0.3 is 10.6 Å². The molecule has 19 heavy (non-hydrogen) atoms. The summed E-state index contributed by atoms with van der Waals surface area (Å²) in [6.07, 6.45) is 0. The second-order valence-corrected chi connectivity index (χ2v) is 4.98. The van der Waals surface area contributed by atoms with Crippen molar-refractivity contribution in [2.45, 2.75) is 0 Å². The van der Waals surface area contributed by atoms with Gasteiger partial charge in [0.25, 0.3) is 5.69 Å².